The maximum Gasteiger partial charge on any atom is 0.211 e. The van der Waals surface area contributed by atoms with Crippen LogP contribution in [0.3, 0.4) is 0 Å². The second kappa shape index (κ2) is 9.81. The van der Waals surface area contributed by atoms with Gasteiger partial charge in [-0.3, -0.25) is 0 Å². The molecular weight excluding hydrogens is 381 g/mol. The summed E-state index contributed by atoms with van der Waals surface area (Å²) in [6, 6.07) is 8.07. The first kappa shape index (κ1) is 22.3. The lowest BCUT2D eigenvalue weighted by Crippen LogP contribution is -2.36. The molecule has 0 fully saturated rings. The van der Waals surface area contributed by atoms with E-state index >= 15 is 0 Å². The monoisotopic (exact) mass is 409 g/mol. The summed E-state index contributed by atoms with van der Waals surface area (Å²) in [4.78, 5) is 1.16. The molecular formula is C16H28NO3PS3. The van der Waals surface area contributed by atoms with Crippen LogP contribution in [-0.4, -0.2) is 28.4 Å². The molecule has 1 aromatic rings. The molecule has 0 aliphatic rings. The van der Waals surface area contributed by atoms with Crippen molar-refractivity contribution in [1.29, 1.82) is 0 Å². The number of benzene rings is 1. The molecule has 0 saturated heterocycles. The summed E-state index contributed by atoms with van der Waals surface area (Å²) >= 11 is 7.45. The zero-order chi connectivity index (χ0) is 18.4. The van der Waals surface area contributed by atoms with E-state index in [1.807, 2.05) is 65.1 Å². The lowest BCUT2D eigenvalue weighted by Gasteiger charge is -2.32. The highest BCUT2D eigenvalue weighted by molar-refractivity contribution is 8.10. The van der Waals surface area contributed by atoms with Crippen molar-refractivity contribution in [2.75, 3.05) is 19.5 Å². The zero-order valence-electron chi connectivity index (χ0n) is 15.2. The molecule has 1 unspecified atom stereocenters. The van der Waals surface area contributed by atoms with Gasteiger partial charge in [0.05, 0.1) is 28.9 Å². The van der Waals surface area contributed by atoms with E-state index in [4.69, 9.17) is 20.9 Å². The molecule has 0 spiro atoms. The fourth-order valence-electron chi connectivity index (χ4n) is 1.93. The Labute approximate surface area is 158 Å². The van der Waals surface area contributed by atoms with Crippen LogP contribution in [-0.2, 0) is 31.8 Å². The van der Waals surface area contributed by atoms with Gasteiger partial charge in [0.1, 0.15) is 5.78 Å². The SMILES string of the molecule is CCOP(=S)(OCC)[C@@H](NS(=O)C(C)(C)C)c1ccc(SC)cc1. The fraction of sp³-hybridized carbons (Fsp3) is 0.625. The van der Waals surface area contributed by atoms with E-state index in [1.165, 1.54) is 0 Å². The predicted octanol–water partition coefficient (Wildman–Crippen LogP) is 4.84. The third kappa shape index (κ3) is 6.20. The number of hydrogen-bond acceptors (Lipinski definition) is 5. The van der Waals surface area contributed by atoms with Crippen molar-refractivity contribution >= 4 is 41.0 Å². The maximum absolute atomic E-state index is 12.7. The van der Waals surface area contributed by atoms with Crippen molar-refractivity contribution in [3.8, 4) is 0 Å². The minimum Gasteiger partial charge on any atom is -0.328 e. The largest absolute Gasteiger partial charge is 0.328 e. The Hall–Kier alpha value is 0.250. The molecule has 1 aromatic carbocycles. The molecule has 0 aliphatic heterocycles. The van der Waals surface area contributed by atoms with Gasteiger partial charge in [0.2, 0.25) is 6.49 Å². The highest BCUT2D eigenvalue weighted by Crippen LogP contribution is 2.60. The molecule has 138 valence electrons. The van der Waals surface area contributed by atoms with Crippen molar-refractivity contribution in [2.24, 2.45) is 0 Å². The van der Waals surface area contributed by atoms with Crippen LogP contribution >= 0.6 is 18.3 Å². The van der Waals surface area contributed by atoms with Crippen LogP contribution in [0.1, 0.15) is 46.0 Å². The van der Waals surface area contributed by atoms with E-state index in [0.29, 0.717) is 13.2 Å². The van der Waals surface area contributed by atoms with E-state index in [1.54, 1.807) is 11.8 Å². The average molecular weight is 410 g/mol. The van der Waals surface area contributed by atoms with E-state index in [0.717, 1.165) is 10.5 Å². The van der Waals surface area contributed by atoms with Crippen molar-refractivity contribution in [1.82, 2.24) is 4.72 Å². The molecule has 1 rings (SSSR count). The molecule has 0 aromatic heterocycles. The van der Waals surface area contributed by atoms with Crippen LogP contribution < -0.4 is 4.72 Å². The minimum atomic E-state index is -2.68. The lowest BCUT2D eigenvalue weighted by molar-refractivity contribution is 0.258. The third-order valence-corrected chi connectivity index (χ3v) is 9.18. The highest BCUT2D eigenvalue weighted by Gasteiger charge is 2.35. The van der Waals surface area contributed by atoms with Gasteiger partial charge in [0.15, 0.2) is 0 Å². The molecule has 1 N–H and O–H groups in total. The first-order valence-electron chi connectivity index (χ1n) is 7.88. The van der Waals surface area contributed by atoms with Crippen LogP contribution in [0.2, 0.25) is 0 Å². The molecule has 0 aliphatic carbocycles. The fourth-order valence-corrected chi connectivity index (χ4v) is 6.84. The Morgan fingerprint density at radius 2 is 1.71 bits per heavy atom. The molecule has 2 atom stereocenters. The normalized spacial score (nSPS) is 15.2. The minimum absolute atomic E-state index is 0.407. The second-order valence-corrected chi connectivity index (χ2v) is 12.6. The Bertz CT molecular complexity index is 577. The molecule has 8 heteroatoms. The van der Waals surface area contributed by atoms with Crippen molar-refractivity contribution < 1.29 is 13.3 Å². The van der Waals surface area contributed by atoms with Gasteiger partial charge in [-0.15, -0.1) is 11.8 Å². The topological polar surface area (TPSA) is 47.6 Å². The molecule has 0 bridgehead atoms. The van der Waals surface area contributed by atoms with Crippen LogP contribution in [0.4, 0.5) is 0 Å². The Morgan fingerprint density at radius 1 is 1.21 bits per heavy atom. The van der Waals surface area contributed by atoms with Gasteiger partial charge in [-0.1, -0.05) is 12.1 Å². The van der Waals surface area contributed by atoms with E-state index in [-0.39, 0.29) is 0 Å². The Balaban J connectivity index is 3.27. The summed E-state index contributed by atoms with van der Waals surface area (Å²) in [5, 5.41) is 0. The summed E-state index contributed by atoms with van der Waals surface area (Å²) < 4.78 is 27.2. The summed E-state index contributed by atoms with van der Waals surface area (Å²) in [6.45, 7) is 7.81. The van der Waals surface area contributed by atoms with Crippen LogP contribution in [0.5, 0.6) is 0 Å². The summed E-state index contributed by atoms with van der Waals surface area (Å²) in [6.07, 6.45) is 2.03. The Morgan fingerprint density at radius 3 is 2.08 bits per heavy atom. The molecule has 0 heterocycles. The summed E-state index contributed by atoms with van der Waals surface area (Å²) in [5.74, 6) is -0.414. The standard InChI is InChI=1S/C16H28NO3PS3/c1-7-19-21(22,20-8-2)15(17-24(18)16(3,4)5)13-9-11-14(23-6)12-10-13/h9-12,15,17H,7-8H2,1-6H3/t15-,24?/m1/s1. The average Bonchev–Trinajstić information content (AvgIpc) is 2.52. The van der Waals surface area contributed by atoms with Crippen molar-refractivity contribution in [3.63, 3.8) is 0 Å². The number of thioether (sulfide) groups is 1. The third-order valence-electron chi connectivity index (χ3n) is 3.14. The zero-order valence-corrected chi connectivity index (χ0v) is 18.5. The van der Waals surface area contributed by atoms with Gasteiger partial charge in [-0.2, -0.15) is 0 Å². The quantitative estimate of drug-likeness (QED) is 0.467. The predicted molar refractivity (Wildman–Crippen MR) is 110 cm³/mol. The molecule has 24 heavy (non-hydrogen) atoms. The van der Waals surface area contributed by atoms with Gasteiger partial charge < -0.3 is 9.05 Å². The first-order chi connectivity index (χ1) is 11.2. The van der Waals surface area contributed by atoms with Crippen molar-refractivity contribution in [2.45, 2.75) is 50.0 Å². The number of rotatable bonds is 9. The molecule has 0 saturated carbocycles. The van der Waals surface area contributed by atoms with Crippen LogP contribution in [0, 0.1) is 0 Å². The summed E-state index contributed by atoms with van der Waals surface area (Å²) in [5.41, 5.74) is 0.940. The van der Waals surface area contributed by atoms with Crippen molar-refractivity contribution in [3.05, 3.63) is 29.8 Å². The lowest BCUT2D eigenvalue weighted by atomic mass is 10.2. The maximum atomic E-state index is 12.7. The van der Waals surface area contributed by atoms with Gasteiger partial charge in [0.25, 0.3) is 0 Å². The molecule has 0 radical (unpaired) electrons. The van der Waals surface area contributed by atoms with E-state index in [9.17, 15) is 4.21 Å². The van der Waals surface area contributed by atoms with Gasteiger partial charge in [-0.05, 0) is 70.4 Å². The first-order valence-corrected chi connectivity index (χ1v) is 13.0. The number of hydrogen-bond donors (Lipinski definition) is 1. The summed E-state index contributed by atoms with van der Waals surface area (Å²) in [7, 11) is -1.28. The van der Waals surface area contributed by atoms with Gasteiger partial charge >= 0.3 is 0 Å². The van der Waals surface area contributed by atoms with Crippen LogP contribution in [0.25, 0.3) is 0 Å². The molecule has 4 nitrogen and oxygen atoms in total. The van der Waals surface area contributed by atoms with Crippen LogP contribution in [0.15, 0.2) is 29.2 Å². The highest BCUT2D eigenvalue weighted by atomic mass is 32.5. The van der Waals surface area contributed by atoms with Gasteiger partial charge in [-0.25, -0.2) is 8.93 Å². The smallest absolute Gasteiger partial charge is 0.211 e. The van der Waals surface area contributed by atoms with E-state index < -0.39 is 28.0 Å². The van der Waals surface area contributed by atoms with Gasteiger partial charge in [0, 0.05) is 4.90 Å². The van der Waals surface area contributed by atoms with E-state index in [2.05, 4.69) is 4.72 Å². The Kier molecular flexibility index (Phi) is 9.11. The number of nitrogens with one attached hydrogen (secondary N) is 1. The second-order valence-electron chi connectivity index (χ2n) is 6.05. The molecule has 0 amide bonds.